The summed E-state index contributed by atoms with van der Waals surface area (Å²) in [6.07, 6.45) is 3.43. The van der Waals surface area contributed by atoms with Crippen LogP contribution in [0.15, 0.2) is 4.47 Å². The Bertz CT molecular complexity index is 367. The summed E-state index contributed by atoms with van der Waals surface area (Å²) in [5.41, 5.74) is 2.71. The third kappa shape index (κ3) is 3.10. The minimum atomic E-state index is 0.331. The van der Waals surface area contributed by atoms with Gasteiger partial charge in [0.25, 0.3) is 0 Å². The van der Waals surface area contributed by atoms with Gasteiger partial charge in [-0.3, -0.25) is 4.68 Å². The van der Waals surface area contributed by atoms with E-state index in [9.17, 15) is 0 Å². The zero-order valence-corrected chi connectivity index (χ0v) is 13.2. The lowest BCUT2D eigenvalue weighted by Crippen LogP contribution is -2.34. The topological polar surface area (TPSA) is 29.9 Å². The van der Waals surface area contributed by atoms with Gasteiger partial charge < -0.3 is 5.32 Å². The van der Waals surface area contributed by atoms with Crippen molar-refractivity contribution >= 4 is 15.9 Å². The summed E-state index contributed by atoms with van der Waals surface area (Å²) in [6, 6.07) is 0. The first-order chi connectivity index (χ1) is 7.99. The summed E-state index contributed by atoms with van der Waals surface area (Å²) in [7, 11) is 4.06. The molecular weight excluding hydrogens is 278 g/mol. The third-order valence-electron chi connectivity index (χ3n) is 3.86. The monoisotopic (exact) mass is 301 g/mol. The van der Waals surface area contributed by atoms with E-state index in [-0.39, 0.29) is 0 Å². The predicted molar refractivity (Wildman–Crippen MR) is 76.3 cm³/mol. The van der Waals surface area contributed by atoms with E-state index in [2.05, 4.69) is 40.2 Å². The van der Waals surface area contributed by atoms with Gasteiger partial charge in [-0.1, -0.05) is 13.8 Å². The molecule has 1 aromatic heterocycles. The Hall–Kier alpha value is -0.350. The molecule has 0 saturated carbocycles. The number of halogens is 1. The first-order valence-electron chi connectivity index (χ1n) is 6.32. The summed E-state index contributed by atoms with van der Waals surface area (Å²) >= 11 is 3.66. The van der Waals surface area contributed by atoms with Crippen molar-refractivity contribution in [1.29, 1.82) is 0 Å². The second kappa shape index (κ2) is 6.01. The van der Waals surface area contributed by atoms with Crippen LogP contribution in [0.2, 0.25) is 0 Å². The fourth-order valence-electron chi connectivity index (χ4n) is 2.41. The zero-order valence-electron chi connectivity index (χ0n) is 11.6. The van der Waals surface area contributed by atoms with Crippen LogP contribution in [0, 0.1) is 12.3 Å². The number of aromatic nitrogens is 2. The molecule has 3 nitrogen and oxygen atoms in total. The average molecular weight is 302 g/mol. The van der Waals surface area contributed by atoms with E-state index in [0.29, 0.717) is 5.41 Å². The molecule has 0 bridgehead atoms. The van der Waals surface area contributed by atoms with Crippen molar-refractivity contribution in [2.24, 2.45) is 12.5 Å². The lowest BCUT2D eigenvalue weighted by atomic mass is 9.78. The van der Waals surface area contributed by atoms with E-state index in [1.54, 1.807) is 0 Å². The fraction of sp³-hybridized carbons (Fsp3) is 0.769. The van der Waals surface area contributed by atoms with E-state index >= 15 is 0 Å². The molecule has 0 aliphatic heterocycles. The van der Waals surface area contributed by atoms with Gasteiger partial charge in [0.05, 0.1) is 15.9 Å². The summed E-state index contributed by atoms with van der Waals surface area (Å²) in [6.45, 7) is 7.65. The largest absolute Gasteiger partial charge is 0.319 e. The first kappa shape index (κ1) is 14.7. The molecule has 1 N–H and O–H groups in total. The van der Waals surface area contributed by atoms with Gasteiger partial charge in [-0.15, -0.1) is 0 Å². The SMILES string of the molecule is CCC(CC)(CNC)Cc1c(Br)c(C)nn1C. The Kier molecular flexibility index (Phi) is 5.20. The summed E-state index contributed by atoms with van der Waals surface area (Å²) < 4.78 is 3.18. The van der Waals surface area contributed by atoms with Crippen LogP contribution in [-0.4, -0.2) is 23.4 Å². The fourth-order valence-corrected chi connectivity index (χ4v) is 2.89. The molecule has 0 radical (unpaired) electrons. The van der Waals surface area contributed by atoms with E-state index in [1.165, 1.54) is 23.0 Å². The van der Waals surface area contributed by atoms with Crippen molar-refractivity contribution in [3.8, 4) is 0 Å². The van der Waals surface area contributed by atoms with Crippen molar-refractivity contribution < 1.29 is 0 Å². The summed E-state index contributed by atoms with van der Waals surface area (Å²) in [4.78, 5) is 0. The molecule has 0 unspecified atom stereocenters. The second-order valence-corrected chi connectivity index (χ2v) is 5.68. The number of hydrogen-bond acceptors (Lipinski definition) is 2. The van der Waals surface area contributed by atoms with Crippen LogP contribution in [0.1, 0.15) is 38.1 Å². The average Bonchev–Trinajstić information content (AvgIpc) is 2.55. The van der Waals surface area contributed by atoms with Crippen LogP contribution in [-0.2, 0) is 13.5 Å². The van der Waals surface area contributed by atoms with Crippen LogP contribution < -0.4 is 5.32 Å². The van der Waals surface area contributed by atoms with Crippen LogP contribution >= 0.6 is 15.9 Å². The first-order valence-corrected chi connectivity index (χ1v) is 7.11. The van der Waals surface area contributed by atoms with Crippen molar-refractivity contribution in [2.45, 2.75) is 40.0 Å². The summed E-state index contributed by atoms with van der Waals surface area (Å²) in [5, 5.41) is 7.80. The lowest BCUT2D eigenvalue weighted by molar-refractivity contribution is 0.247. The van der Waals surface area contributed by atoms with Gasteiger partial charge in [0.1, 0.15) is 0 Å². The van der Waals surface area contributed by atoms with Gasteiger partial charge in [0.2, 0.25) is 0 Å². The van der Waals surface area contributed by atoms with Gasteiger partial charge in [0, 0.05) is 13.6 Å². The highest BCUT2D eigenvalue weighted by molar-refractivity contribution is 9.10. The molecule has 0 aliphatic carbocycles. The zero-order chi connectivity index (χ0) is 13.1. The van der Waals surface area contributed by atoms with Crippen molar-refractivity contribution in [1.82, 2.24) is 15.1 Å². The quantitative estimate of drug-likeness (QED) is 0.875. The molecule has 0 spiro atoms. The highest BCUT2D eigenvalue weighted by Gasteiger charge is 2.28. The van der Waals surface area contributed by atoms with Crippen molar-refractivity contribution in [3.05, 3.63) is 15.9 Å². The van der Waals surface area contributed by atoms with E-state index < -0.39 is 0 Å². The molecule has 4 heteroatoms. The number of aryl methyl sites for hydroxylation is 2. The smallest absolute Gasteiger partial charge is 0.0738 e. The molecule has 0 aliphatic rings. The highest BCUT2D eigenvalue weighted by Crippen LogP contribution is 2.33. The maximum Gasteiger partial charge on any atom is 0.0738 e. The van der Waals surface area contributed by atoms with Gasteiger partial charge >= 0.3 is 0 Å². The minimum Gasteiger partial charge on any atom is -0.319 e. The van der Waals surface area contributed by atoms with Gasteiger partial charge in [-0.05, 0) is 54.6 Å². The van der Waals surface area contributed by atoms with Crippen molar-refractivity contribution in [3.63, 3.8) is 0 Å². The molecule has 1 heterocycles. The van der Waals surface area contributed by atoms with E-state index in [4.69, 9.17) is 0 Å². The maximum atomic E-state index is 4.47. The van der Waals surface area contributed by atoms with Crippen LogP contribution in [0.5, 0.6) is 0 Å². The molecule has 17 heavy (non-hydrogen) atoms. The Morgan fingerprint density at radius 1 is 1.35 bits per heavy atom. The molecule has 98 valence electrons. The molecule has 0 fully saturated rings. The number of nitrogens with zero attached hydrogens (tertiary/aromatic N) is 2. The number of nitrogens with one attached hydrogen (secondary N) is 1. The predicted octanol–water partition coefficient (Wildman–Crippen LogP) is 3.06. The normalized spacial score (nSPS) is 12.1. The maximum absolute atomic E-state index is 4.47. The lowest BCUT2D eigenvalue weighted by Gasteiger charge is -2.31. The Morgan fingerprint density at radius 3 is 2.29 bits per heavy atom. The molecule has 0 atom stereocenters. The second-order valence-electron chi connectivity index (χ2n) is 4.88. The molecule has 0 amide bonds. The van der Waals surface area contributed by atoms with Crippen LogP contribution in [0.3, 0.4) is 0 Å². The molecule has 0 saturated heterocycles. The standard InChI is InChI=1S/C13H24BrN3/c1-6-13(7-2,9-15-4)8-11-12(14)10(3)16-17(11)5/h15H,6-9H2,1-5H3. The Labute approximate surface area is 113 Å². The third-order valence-corrected chi connectivity index (χ3v) is 4.89. The minimum absolute atomic E-state index is 0.331. The molecule has 1 aromatic rings. The van der Waals surface area contributed by atoms with Gasteiger partial charge in [-0.2, -0.15) is 5.10 Å². The van der Waals surface area contributed by atoms with Gasteiger partial charge in [0.15, 0.2) is 0 Å². The van der Waals surface area contributed by atoms with Crippen molar-refractivity contribution in [2.75, 3.05) is 13.6 Å². The number of hydrogen-bond donors (Lipinski definition) is 1. The summed E-state index contributed by atoms with van der Waals surface area (Å²) in [5.74, 6) is 0. The Balaban J connectivity index is 3.00. The van der Waals surface area contributed by atoms with Crippen LogP contribution in [0.4, 0.5) is 0 Å². The van der Waals surface area contributed by atoms with Crippen LogP contribution in [0.25, 0.3) is 0 Å². The van der Waals surface area contributed by atoms with Gasteiger partial charge in [-0.25, -0.2) is 0 Å². The molecule has 0 aromatic carbocycles. The molecule has 1 rings (SSSR count). The van der Waals surface area contributed by atoms with E-state index in [0.717, 1.165) is 18.7 Å². The highest BCUT2D eigenvalue weighted by atomic mass is 79.9. The van der Waals surface area contributed by atoms with E-state index in [1.807, 2.05) is 25.7 Å². The number of rotatable bonds is 6. The Morgan fingerprint density at radius 2 is 1.94 bits per heavy atom. The molecular formula is C13H24BrN3.